The van der Waals surface area contributed by atoms with Crippen molar-refractivity contribution in [1.82, 2.24) is 15.0 Å². The molecule has 0 atom stereocenters. The molecule has 0 aliphatic heterocycles. The molecule has 4 heterocycles. The molecule has 4 rings (SSSR count). The van der Waals surface area contributed by atoms with E-state index in [9.17, 15) is 9.59 Å². The first-order valence-corrected chi connectivity index (χ1v) is 10.4. The van der Waals surface area contributed by atoms with Gasteiger partial charge in [-0.25, -0.2) is 9.97 Å². The number of rotatable bonds is 5. The average molecular weight is 416 g/mol. The predicted molar refractivity (Wildman–Crippen MR) is 109 cm³/mol. The van der Waals surface area contributed by atoms with Gasteiger partial charge in [0.1, 0.15) is 15.6 Å². The number of hydrogen-bond donors (Lipinski definition) is 3. The molecule has 2 amide bonds. The molecule has 0 aliphatic carbocycles. The second kappa shape index (κ2) is 7.06. The zero-order chi connectivity index (χ0) is 19.0. The van der Waals surface area contributed by atoms with Crippen molar-refractivity contribution >= 4 is 51.0 Å². The van der Waals surface area contributed by atoms with E-state index in [4.69, 9.17) is 5.73 Å². The third-order valence-corrected chi connectivity index (χ3v) is 6.66. The minimum absolute atomic E-state index is 0.236. The molecule has 7 nitrogen and oxygen atoms in total. The lowest BCUT2D eigenvalue weighted by atomic mass is 10.2. The number of thiophene rings is 1. The van der Waals surface area contributed by atoms with Crippen LogP contribution in [0.3, 0.4) is 0 Å². The Hall–Kier alpha value is -2.82. The Labute approximate surface area is 165 Å². The Morgan fingerprint density at radius 2 is 2.11 bits per heavy atom. The summed E-state index contributed by atoms with van der Waals surface area (Å²) in [5.41, 5.74) is 7.63. The van der Waals surface area contributed by atoms with Crippen molar-refractivity contribution in [3.05, 3.63) is 51.4 Å². The van der Waals surface area contributed by atoms with Gasteiger partial charge < -0.3 is 10.7 Å². The lowest BCUT2D eigenvalue weighted by Gasteiger charge is -1.99. The molecule has 136 valence electrons. The summed E-state index contributed by atoms with van der Waals surface area (Å²) in [6.07, 6.45) is 1.65. The molecule has 4 N–H and O–H groups in total. The molecule has 0 unspecified atom stereocenters. The number of thiazole rings is 2. The molecule has 0 aromatic carbocycles. The van der Waals surface area contributed by atoms with Crippen molar-refractivity contribution in [1.29, 1.82) is 0 Å². The molecule has 10 heteroatoms. The first-order chi connectivity index (χ1) is 13.0. The van der Waals surface area contributed by atoms with Gasteiger partial charge in [-0.1, -0.05) is 6.07 Å². The van der Waals surface area contributed by atoms with Gasteiger partial charge >= 0.3 is 0 Å². The summed E-state index contributed by atoms with van der Waals surface area (Å²) in [4.78, 5) is 37.1. The van der Waals surface area contributed by atoms with Crippen molar-refractivity contribution in [2.75, 3.05) is 5.32 Å². The van der Waals surface area contributed by atoms with Crippen molar-refractivity contribution < 1.29 is 9.59 Å². The minimum Gasteiger partial charge on any atom is -0.364 e. The van der Waals surface area contributed by atoms with E-state index in [0.717, 1.165) is 15.4 Å². The monoisotopic (exact) mass is 415 g/mol. The zero-order valence-electron chi connectivity index (χ0n) is 14.0. The van der Waals surface area contributed by atoms with Crippen LogP contribution in [-0.2, 0) is 0 Å². The van der Waals surface area contributed by atoms with Crippen LogP contribution in [0.1, 0.15) is 25.9 Å². The molecule has 4 aromatic heterocycles. The number of H-pyrrole nitrogens is 1. The Morgan fingerprint density at radius 1 is 1.26 bits per heavy atom. The van der Waals surface area contributed by atoms with E-state index in [2.05, 4.69) is 20.3 Å². The molecule has 0 saturated carbocycles. The standard InChI is InChI=1S/C17H13N5O2S3/c1-8-13(27-16(20-8)12-3-2-4-25-12)15(24)22-17-21-11(7-26-17)9-5-10(14(18)23)19-6-9/h2-7,19H,1H3,(H2,18,23)(H,21,22,24). The maximum absolute atomic E-state index is 12.6. The van der Waals surface area contributed by atoms with Gasteiger partial charge in [0.25, 0.3) is 11.8 Å². The van der Waals surface area contributed by atoms with Gasteiger partial charge in [0.05, 0.1) is 16.3 Å². The highest BCUT2D eigenvalue weighted by Gasteiger charge is 2.18. The first-order valence-electron chi connectivity index (χ1n) is 7.78. The number of aromatic nitrogens is 3. The van der Waals surface area contributed by atoms with Crippen LogP contribution in [0.2, 0.25) is 0 Å². The van der Waals surface area contributed by atoms with Gasteiger partial charge in [-0.15, -0.1) is 34.0 Å². The van der Waals surface area contributed by atoms with Crippen LogP contribution >= 0.6 is 34.0 Å². The molecule has 27 heavy (non-hydrogen) atoms. The van der Waals surface area contributed by atoms with Gasteiger partial charge in [0.2, 0.25) is 0 Å². The van der Waals surface area contributed by atoms with Crippen LogP contribution in [-0.4, -0.2) is 26.8 Å². The van der Waals surface area contributed by atoms with Gasteiger partial charge in [0.15, 0.2) is 5.13 Å². The second-order valence-corrected chi connectivity index (χ2v) is 8.37. The molecule has 0 aliphatic rings. The van der Waals surface area contributed by atoms with E-state index in [1.165, 1.54) is 22.7 Å². The maximum Gasteiger partial charge on any atom is 0.269 e. The lowest BCUT2D eigenvalue weighted by molar-refractivity contribution is 0.0994. The number of carbonyl (C=O) groups excluding carboxylic acids is 2. The van der Waals surface area contributed by atoms with Crippen LogP contribution in [0.25, 0.3) is 21.1 Å². The molecular formula is C17H13N5O2S3. The van der Waals surface area contributed by atoms with Gasteiger partial charge in [0, 0.05) is 17.1 Å². The van der Waals surface area contributed by atoms with E-state index in [1.54, 1.807) is 29.0 Å². The highest BCUT2D eigenvalue weighted by molar-refractivity contribution is 7.22. The van der Waals surface area contributed by atoms with E-state index in [1.807, 2.05) is 24.4 Å². The molecular weight excluding hydrogens is 402 g/mol. The molecule has 0 saturated heterocycles. The summed E-state index contributed by atoms with van der Waals surface area (Å²) in [6, 6.07) is 5.57. The van der Waals surface area contributed by atoms with Crippen molar-refractivity contribution in [2.45, 2.75) is 6.92 Å². The topological polar surface area (TPSA) is 114 Å². The van der Waals surface area contributed by atoms with Gasteiger partial charge in [-0.2, -0.15) is 0 Å². The van der Waals surface area contributed by atoms with Crippen LogP contribution in [0.15, 0.2) is 35.2 Å². The fourth-order valence-electron chi connectivity index (χ4n) is 2.41. The van der Waals surface area contributed by atoms with Crippen LogP contribution < -0.4 is 11.1 Å². The SMILES string of the molecule is Cc1nc(-c2cccs2)sc1C(=O)Nc1nc(-c2c[nH]c(C(N)=O)c2)cs1. The number of aryl methyl sites for hydroxylation is 1. The van der Waals surface area contributed by atoms with E-state index in [0.29, 0.717) is 27.1 Å². The molecule has 4 aromatic rings. The highest BCUT2D eigenvalue weighted by atomic mass is 32.1. The second-order valence-electron chi connectivity index (χ2n) is 5.57. The van der Waals surface area contributed by atoms with Crippen LogP contribution in [0, 0.1) is 6.92 Å². The largest absolute Gasteiger partial charge is 0.364 e. The Bertz CT molecular complexity index is 1120. The van der Waals surface area contributed by atoms with Crippen molar-refractivity contribution in [2.24, 2.45) is 5.73 Å². The molecule has 0 bridgehead atoms. The van der Waals surface area contributed by atoms with Gasteiger partial charge in [-0.05, 0) is 24.4 Å². The number of anilines is 1. The van der Waals surface area contributed by atoms with Crippen LogP contribution in [0.5, 0.6) is 0 Å². The lowest BCUT2D eigenvalue weighted by Crippen LogP contribution is -2.11. The van der Waals surface area contributed by atoms with E-state index in [-0.39, 0.29) is 5.91 Å². The number of nitrogens with one attached hydrogen (secondary N) is 2. The third-order valence-electron chi connectivity index (χ3n) is 3.70. The third kappa shape index (κ3) is 3.54. The quantitative estimate of drug-likeness (QED) is 0.457. The molecule has 0 radical (unpaired) electrons. The number of nitrogens with two attached hydrogens (primary N) is 1. The number of hydrogen-bond acceptors (Lipinski definition) is 7. The first kappa shape index (κ1) is 17.6. The van der Waals surface area contributed by atoms with Crippen molar-refractivity contribution in [3.63, 3.8) is 0 Å². The normalized spacial score (nSPS) is 10.9. The molecule has 0 spiro atoms. The fraction of sp³-hybridized carbons (Fsp3) is 0.0588. The predicted octanol–water partition coefficient (Wildman–Crippen LogP) is 3.98. The summed E-state index contributed by atoms with van der Waals surface area (Å²) in [5.74, 6) is -0.771. The zero-order valence-corrected chi connectivity index (χ0v) is 16.4. The smallest absolute Gasteiger partial charge is 0.269 e. The van der Waals surface area contributed by atoms with E-state index >= 15 is 0 Å². The highest BCUT2D eigenvalue weighted by Crippen LogP contribution is 2.32. The summed E-state index contributed by atoms with van der Waals surface area (Å²) >= 11 is 4.26. The Balaban J connectivity index is 1.52. The summed E-state index contributed by atoms with van der Waals surface area (Å²) < 4.78 is 0. The molecule has 0 fully saturated rings. The summed E-state index contributed by atoms with van der Waals surface area (Å²) in [6.45, 7) is 1.82. The Kier molecular flexibility index (Phi) is 4.60. The number of carbonyl (C=O) groups is 2. The number of nitrogens with zero attached hydrogens (tertiary/aromatic N) is 2. The fourth-order valence-corrected chi connectivity index (χ4v) is 4.89. The number of primary amides is 1. The van der Waals surface area contributed by atoms with E-state index < -0.39 is 5.91 Å². The van der Waals surface area contributed by atoms with Crippen molar-refractivity contribution in [3.8, 4) is 21.1 Å². The Morgan fingerprint density at radius 3 is 2.81 bits per heavy atom. The maximum atomic E-state index is 12.6. The minimum atomic E-state index is -0.535. The summed E-state index contributed by atoms with van der Waals surface area (Å²) in [7, 11) is 0. The number of amides is 2. The summed E-state index contributed by atoms with van der Waals surface area (Å²) in [5, 5.41) is 7.91. The number of aromatic amines is 1. The van der Waals surface area contributed by atoms with Gasteiger partial charge in [-0.3, -0.25) is 14.9 Å². The average Bonchev–Trinajstić information content (AvgIpc) is 3.41. The van der Waals surface area contributed by atoms with Crippen LogP contribution in [0.4, 0.5) is 5.13 Å².